The van der Waals surface area contributed by atoms with E-state index in [-0.39, 0.29) is 36.1 Å². The van der Waals surface area contributed by atoms with Crippen LogP contribution in [0, 0.1) is 22.7 Å². The summed E-state index contributed by atoms with van der Waals surface area (Å²) >= 11 is 0. The molecule has 0 aliphatic carbocycles. The van der Waals surface area contributed by atoms with Crippen LogP contribution in [-0.2, 0) is 20.9 Å². The van der Waals surface area contributed by atoms with Crippen molar-refractivity contribution in [3.8, 4) is 6.07 Å². The van der Waals surface area contributed by atoms with Crippen LogP contribution in [0.3, 0.4) is 0 Å². The summed E-state index contributed by atoms with van der Waals surface area (Å²) < 4.78 is 1.52. The van der Waals surface area contributed by atoms with E-state index >= 15 is 0 Å². The highest BCUT2D eigenvalue weighted by atomic mass is 16.2. The lowest BCUT2D eigenvalue weighted by atomic mass is 9.85. The summed E-state index contributed by atoms with van der Waals surface area (Å²) in [5.74, 6) is -0.112. The van der Waals surface area contributed by atoms with Gasteiger partial charge in [-0.3, -0.25) is 24.0 Å². The maximum atomic E-state index is 12.8. The Morgan fingerprint density at radius 1 is 1.32 bits per heavy atom. The van der Waals surface area contributed by atoms with E-state index in [0.717, 1.165) is 0 Å². The lowest BCUT2D eigenvalue weighted by Gasteiger charge is -2.30. The van der Waals surface area contributed by atoms with E-state index in [2.05, 4.69) is 26.5 Å². The second-order valence-electron chi connectivity index (χ2n) is 8.60. The molecule has 0 unspecified atom stereocenters. The molecule has 0 radical (unpaired) electrons. The Balaban J connectivity index is 1.37. The average Bonchev–Trinajstić information content (AvgIpc) is 3.42. The van der Waals surface area contributed by atoms with Gasteiger partial charge in [-0.15, -0.1) is 0 Å². The average molecular weight is 466 g/mol. The fraction of sp³-hybridized carbons (Fsp3) is 0.500. The van der Waals surface area contributed by atoms with E-state index in [0.29, 0.717) is 56.8 Å². The second kappa shape index (κ2) is 9.46. The molecule has 12 heteroatoms. The molecule has 1 atom stereocenters. The Morgan fingerprint density at radius 2 is 2.09 bits per heavy atom. The van der Waals surface area contributed by atoms with Crippen molar-refractivity contribution in [3.05, 3.63) is 24.7 Å². The smallest absolute Gasteiger partial charge is 0.248 e. The Kier molecular flexibility index (Phi) is 6.45. The minimum Gasteiger partial charge on any atom is -0.369 e. The minimum absolute atomic E-state index is 0.0688. The van der Waals surface area contributed by atoms with Crippen molar-refractivity contribution in [3.63, 3.8) is 0 Å². The largest absolute Gasteiger partial charge is 0.369 e. The summed E-state index contributed by atoms with van der Waals surface area (Å²) in [6, 6.07) is 3.80. The summed E-state index contributed by atoms with van der Waals surface area (Å²) in [4.78, 5) is 48.5. The first-order valence-corrected chi connectivity index (χ1v) is 11.3. The van der Waals surface area contributed by atoms with Crippen LogP contribution in [0.1, 0.15) is 32.6 Å². The zero-order valence-corrected chi connectivity index (χ0v) is 19.0. The number of hydrogen-bond acceptors (Lipinski definition) is 8. The Hall–Kier alpha value is -4.01. The van der Waals surface area contributed by atoms with Crippen molar-refractivity contribution in [2.24, 2.45) is 17.1 Å². The highest BCUT2D eigenvalue weighted by Gasteiger charge is 2.46. The third kappa shape index (κ3) is 4.54. The Morgan fingerprint density at radius 3 is 2.74 bits per heavy atom. The molecule has 4 rings (SSSR count). The van der Waals surface area contributed by atoms with Gasteiger partial charge in [-0.2, -0.15) is 15.3 Å². The fourth-order valence-electron chi connectivity index (χ4n) is 4.35. The van der Waals surface area contributed by atoms with Crippen LogP contribution >= 0.6 is 0 Å². The van der Waals surface area contributed by atoms with Crippen molar-refractivity contribution in [2.75, 3.05) is 29.9 Å². The van der Waals surface area contributed by atoms with Crippen LogP contribution in [0.25, 0.3) is 0 Å². The predicted octanol–water partition coefficient (Wildman–Crippen LogP) is 0.797. The molecule has 2 aliphatic heterocycles. The molecule has 12 nitrogen and oxygen atoms in total. The molecular formula is C22H27N9O3. The van der Waals surface area contributed by atoms with E-state index in [1.54, 1.807) is 29.6 Å². The lowest BCUT2D eigenvalue weighted by Crippen LogP contribution is -2.43. The van der Waals surface area contributed by atoms with E-state index in [1.165, 1.54) is 9.58 Å². The molecule has 2 fully saturated rings. The number of nitrogens with zero attached hydrogens (tertiary/aromatic N) is 7. The number of rotatable bonds is 7. The summed E-state index contributed by atoms with van der Waals surface area (Å²) in [6.45, 7) is 3.33. The number of nitriles is 1. The standard InChI is InChI=1S/C22H27N9O3/c1-2-22(14-23)6-10-31(20(22)34)17-3-7-25-21(28-17)27-16-11-26-30(12-16)13-18(32)29-8-4-15(5-9-29)19(24)33/h3,7,11-12,15H,2,4-6,8-10,13H2,1H3,(H2,24,33)(H,25,27,28)/t22-/m1/s1. The number of carbonyl (C=O) groups is 3. The number of nitrogens with one attached hydrogen (secondary N) is 1. The molecule has 3 N–H and O–H groups in total. The molecule has 4 heterocycles. The molecule has 2 aromatic heterocycles. The fourth-order valence-corrected chi connectivity index (χ4v) is 4.35. The summed E-state index contributed by atoms with van der Waals surface area (Å²) in [5.41, 5.74) is 4.94. The quantitative estimate of drug-likeness (QED) is 0.606. The molecule has 34 heavy (non-hydrogen) atoms. The molecule has 2 aliphatic rings. The molecule has 178 valence electrons. The lowest BCUT2D eigenvalue weighted by molar-refractivity contribution is -0.135. The molecule has 0 bridgehead atoms. The minimum atomic E-state index is -0.999. The third-order valence-corrected chi connectivity index (χ3v) is 6.59. The highest BCUT2D eigenvalue weighted by Crippen LogP contribution is 2.36. The van der Waals surface area contributed by atoms with Gasteiger partial charge in [-0.05, 0) is 31.7 Å². The van der Waals surface area contributed by atoms with Gasteiger partial charge in [0.05, 0.1) is 18.0 Å². The summed E-state index contributed by atoms with van der Waals surface area (Å²) in [5, 5.41) is 16.7. The predicted molar refractivity (Wildman–Crippen MR) is 121 cm³/mol. The van der Waals surface area contributed by atoms with Gasteiger partial charge in [0.1, 0.15) is 17.8 Å². The molecule has 0 spiro atoms. The number of nitrogens with two attached hydrogens (primary N) is 1. The van der Waals surface area contributed by atoms with Crippen LogP contribution in [0.15, 0.2) is 24.7 Å². The zero-order valence-electron chi connectivity index (χ0n) is 19.0. The van der Waals surface area contributed by atoms with Crippen molar-refractivity contribution in [1.29, 1.82) is 5.26 Å². The first-order chi connectivity index (χ1) is 16.3. The van der Waals surface area contributed by atoms with E-state index in [4.69, 9.17) is 5.73 Å². The number of primary amides is 1. The number of anilines is 3. The van der Waals surface area contributed by atoms with Gasteiger partial charge >= 0.3 is 0 Å². The SMILES string of the molecule is CC[C@]1(C#N)CCN(c2ccnc(Nc3cnn(CC(=O)N4CCC(C(N)=O)CC4)c3)n2)C1=O. The third-order valence-electron chi connectivity index (χ3n) is 6.59. The summed E-state index contributed by atoms with van der Waals surface area (Å²) in [6.07, 6.45) is 6.84. The van der Waals surface area contributed by atoms with Gasteiger partial charge in [0, 0.05) is 37.9 Å². The monoisotopic (exact) mass is 465 g/mol. The van der Waals surface area contributed by atoms with Crippen molar-refractivity contribution in [1.82, 2.24) is 24.6 Å². The zero-order chi connectivity index (χ0) is 24.3. The first-order valence-electron chi connectivity index (χ1n) is 11.3. The van der Waals surface area contributed by atoms with Crippen molar-refractivity contribution in [2.45, 2.75) is 39.2 Å². The topological polar surface area (TPSA) is 163 Å². The van der Waals surface area contributed by atoms with Crippen molar-refractivity contribution < 1.29 is 14.4 Å². The number of likely N-dealkylation sites (tertiary alicyclic amines) is 1. The van der Waals surface area contributed by atoms with Crippen LogP contribution in [0.5, 0.6) is 0 Å². The van der Waals surface area contributed by atoms with Gasteiger partial charge in [0.2, 0.25) is 23.7 Å². The highest BCUT2D eigenvalue weighted by molar-refractivity contribution is 6.01. The Bertz CT molecular complexity index is 1130. The number of hydrogen-bond donors (Lipinski definition) is 2. The van der Waals surface area contributed by atoms with Crippen LogP contribution in [-0.4, -0.2) is 62.0 Å². The van der Waals surface area contributed by atoms with E-state index in [1.807, 2.05) is 6.92 Å². The molecule has 0 saturated carbocycles. The van der Waals surface area contributed by atoms with Gasteiger partial charge in [0.25, 0.3) is 0 Å². The number of amides is 3. The second-order valence-corrected chi connectivity index (χ2v) is 8.60. The van der Waals surface area contributed by atoms with Gasteiger partial charge in [-0.25, -0.2) is 4.98 Å². The van der Waals surface area contributed by atoms with Crippen LogP contribution in [0.4, 0.5) is 17.5 Å². The normalized spacial score (nSPS) is 20.9. The number of aromatic nitrogens is 4. The summed E-state index contributed by atoms with van der Waals surface area (Å²) in [7, 11) is 0. The number of piperidine rings is 1. The van der Waals surface area contributed by atoms with Gasteiger partial charge in [0.15, 0.2) is 0 Å². The molecule has 2 saturated heterocycles. The molecule has 2 aromatic rings. The van der Waals surface area contributed by atoms with Crippen molar-refractivity contribution >= 4 is 35.2 Å². The molecule has 0 aromatic carbocycles. The molecule has 3 amide bonds. The van der Waals surface area contributed by atoms with Gasteiger partial charge in [-0.1, -0.05) is 6.92 Å². The molecular weight excluding hydrogens is 438 g/mol. The maximum Gasteiger partial charge on any atom is 0.248 e. The Labute approximate surface area is 196 Å². The van der Waals surface area contributed by atoms with E-state index < -0.39 is 5.41 Å². The number of carbonyl (C=O) groups excluding carboxylic acids is 3. The van der Waals surface area contributed by atoms with Crippen LogP contribution < -0.4 is 16.0 Å². The van der Waals surface area contributed by atoms with Gasteiger partial charge < -0.3 is 16.0 Å². The van der Waals surface area contributed by atoms with Crippen LogP contribution in [0.2, 0.25) is 0 Å². The van der Waals surface area contributed by atoms with E-state index in [9.17, 15) is 19.6 Å². The maximum absolute atomic E-state index is 12.8. The first kappa shape index (κ1) is 23.2.